The number of esters is 1. The van der Waals surface area contributed by atoms with Gasteiger partial charge in [0.25, 0.3) is 0 Å². The summed E-state index contributed by atoms with van der Waals surface area (Å²) < 4.78 is 19.5. The number of likely N-dealkylation sites (tertiary alicyclic amines) is 1. The molecule has 7 aliphatic rings. The number of likely N-dealkylation sites (N-methyl/N-ethyl adjacent to an activating group) is 1. The standard InChI is InChI=1S/C38H63NO6/c1-10-43-31(34(5,6)42)24-20-22(2)28-29(44-24)30(40)36(8)26-14-13-25-33(3,4)27(45-32(41)23-12-11-19-39(23)9)15-16-37(25)21-38(26,37)18-17-35(28,36)7/h22-31,40,42H,10-21H2,1-9H3/t22-,23-,24-,25+,26+,27+,28+,29+,30+,31+,35-,36-,37?,38+/m1/s1. The van der Waals surface area contributed by atoms with E-state index in [0.29, 0.717) is 35.7 Å². The minimum Gasteiger partial charge on any atom is -0.461 e. The van der Waals surface area contributed by atoms with Crippen LogP contribution >= 0.6 is 0 Å². The SMILES string of the molecule is CCO[C@@H]([C@H]1C[C@@H](C)[C@H]2[C@H](O1)[C@H](O)[C@@]1(C)[C@@H]3CC[C@H]4C(C)(C)[C@@H](OC(=O)[C@H]5CCCN5C)CCC45C[C@@]35CC[C@]21C)C(C)(C)O. The number of nitrogens with zero attached hydrogens (tertiary/aromatic N) is 1. The van der Waals surface area contributed by atoms with Crippen molar-refractivity contribution >= 4 is 5.97 Å². The fourth-order valence-corrected chi connectivity index (χ4v) is 14.1. The Labute approximate surface area is 272 Å². The number of hydrogen-bond donors (Lipinski definition) is 2. The normalized spacial score (nSPS) is 52.6. The summed E-state index contributed by atoms with van der Waals surface area (Å²) in [5.74, 6) is 1.67. The van der Waals surface area contributed by atoms with Gasteiger partial charge in [0.15, 0.2) is 0 Å². The third-order valence-corrected chi connectivity index (χ3v) is 16.2. The molecule has 0 aromatic heterocycles. The molecule has 0 bridgehead atoms. The molecule has 5 saturated carbocycles. The highest BCUT2D eigenvalue weighted by atomic mass is 16.6. The third kappa shape index (κ3) is 4.21. The first-order valence-corrected chi connectivity index (χ1v) is 18.6. The molecule has 1 unspecified atom stereocenters. The van der Waals surface area contributed by atoms with Crippen molar-refractivity contribution in [2.45, 2.75) is 162 Å². The van der Waals surface area contributed by atoms with Gasteiger partial charge >= 0.3 is 5.97 Å². The van der Waals surface area contributed by atoms with Crippen molar-refractivity contribution in [2.75, 3.05) is 20.2 Å². The minimum atomic E-state index is -1.02. The second kappa shape index (κ2) is 10.4. The molecular formula is C38H63NO6. The van der Waals surface area contributed by atoms with Gasteiger partial charge in [-0.2, -0.15) is 0 Å². The van der Waals surface area contributed by atoms with E-state index in [0.717, 1.165) is 57.9 Å². The lowest BCUT2D eigenvalue weighted by Crippen LogP contribution is -2.60. The lowest BCUT2D eigenvalue weighted by atomic mass is 9.41. The largest absolute Gasteiger partial charge is 0.461 e. The van der Waals surface area contributed by atoms with Crippen LogP contribution in [0.15, 0.2) is 0 Å². The van der Waals surface area contributed by atoms with Gasteiger partial charge in [0.05, 0.1) is 23.9 Å². The molecule has 2 spiro atoms. The number of hydrogen-bond acceptors (Lipinski definition) is 7. The molecule has 14 atom stereocenters. The lowest BCUT2D eigenvalue weighted by molar-refractivity contribution is -0.215. The van der Waals surface area contributed by atoms with Gasteiger partial charge in [-0.25, -0.2) is 0 Å². The predicted molar refractivity (Wildman–Crippen MR) is 173 cm³/mol. The zero-order chi connectivity index (χ0) is 32.5. The van der Waals surface area contributed by atoms with E-state index in [1.54, 1.807) is 0 Å². The molecule has 2 aliphatic heterocycles. The van der Waals surface area contributed by atoms with Crippen LogP contribution in [0.4, 0.5) is 0 Å². The van der Waals surface area contributed by atoms with E-state index < -0.39 is 17.8 Å². The van der Waals surface area contributed by atoms with Gasteiger partial charge < -0.3 is 24.4 Å². The van der Waals surface area contributed by atoms with Crippen molar-refractivity contribution < 1.29 is 29.2 Å². The van der Waals surface area contributed by atoms with Crippen LogP contribution in [0.3, 0.4) is 0 Å². The monoisotopic (exact) mass is 629 g/mol. The number of rotatable bonds is 6. The summed E-state index contributed by atoms with van der Waals surface area (Å²) in [6.45, 7) is 19.2. The fraction of sp³-hybridized carbons (Fsp3) is 0.974. The minimum absolute atomic E-state index is 0.000590. The van der Waals surface area contributed by atoms with Crippen molar-refractivity contribution in [3.05, 3.63) is 0 Å². The molecule has 2 N–H and O–H groups in total. The fourth-order valence-electron chi connectivity index (χ4n) is 14.1. The average molecular weight is 630 g/mol. The molecule has 45 heavy (non-hydrogen) atoms. The Balaban J connectivity index is 1.15. The van der Waals surface area contributed by atoms with Crippen molar-refractivity contribution in [1.29, 1.82) is 0 Å². The van der Waals surface area contributed by atoms with Crippen LogP contribution in [-0.2, 0) is 19.0 Å². The maximum absolute atomic E-state index is 13.3. The predicted octanol–water partition coefficient (Wildman–Crippen LogP) is 5.98. The van der Waals surface area contributed by atoms with Crippen LogP contribution in [-0.4, -0.2) is 83.4 Å². The molecule has 0 aromatic carbocycles. The molecule has 7 rings (SSSR count). The van der Waals surface area contributed by atoms with Crippen LogP contribution in [0.2, 0.25) is 0 Å². The highest BCUT2D eigenvalue weighted by molar-refractivity contribution is 5.76. The highest BCUT2D eigenvalue weighted by Crippen LogP contribution is 2.89. The van der Waals surface area contributed by atoms with Gasteiger partial charge in [-0.1, -0.05) is 34.6 Å². The number of carbonyl (C=O) groups is 1. The van der Waals surface area contributed by atoms with E-state index in [-0.39, 0.29) is 52.0 Å². The van der Waals surface area contributed by atoms with Crippen molar-refractivity contribution in [1.82, 2.24) is 4.90 Å². The van der Waals surface area contributed by atoms with E-state index in [1.807, 2.05) is 20.8 Å². The molecule has 7 heteroatoms. The average Bonchev–Trinajstić information content (AvgIpc) is 3.36. The smallest absolute Gasteiger partial charge is 0.323 e. The van der Waals surface area contributed by atoms with Crippen molar-refractivity contribution in [2.24, 2.45) is 50.7 Å². The van der Waals surface area contributed by atoms with E-state index in [9.17, 15) is 15.0 Å². The maximum atomic E-state index is 13.3. The van der Waals surface area contributed by atoms with Gasteiger partial charge in [-0.3, -0.25) is 9.69 Å². The third-order valence-electron chi connectivity index (χ3n) is 16.2. The Morgan fingerprint density at radius 1 is 1.04 bits per heavy atom. The summed E-state index contributed by atoms with van der Waals surface area (Å²) in [4.78, 5) is 15.5. The summed E-state index contributed by atoms with van der Waals surface area (Å²) in [7, 11) is 2.05. The highest BCUT2D eigenvalue weighted by Gasteiger charge is 2.84. The van der Waals surface area contributed by atoms with Gasteiger partial charge in [-0.15, -0.1) is 0 Å². The maximum Gasteiger partial charge on any atom is 0.323 e. The Bertz CT molecular complexity index is 1180. The van der Waals surface area contributed by atoms with Crippen molar-refractivity contribution in [3.8, 4) is 0 Å². The lowest BCUT2D eigenvalue weighted by Gasteiger charge is -2.63. The Morgan fingerprint density at radius 2 is 1.73 bits per heavy atom. The van der Waals surface area contributed by atoms with E-state index in [1.165, 1.54) is 12.8 Å². The van der Waals surface area contributed by atoms with Crippen LogP contribution in [0.1, 0.15) is 120 Å². The Hall–Kier alpha value is -0.730. The number of aliphatic hydroxyl groups excluding tert-OH is 1. The van der Waals surface area contributed by atoms with Gasteiger partial charge in [0, 0.05) is 17.4 Å². The van der Waals surface area contributed by atoms with E-state index >= 15 is 0 Å². The molecule has 0 amide bonds. The first-order chi connectivity index (χ1) is 21.0. The van der Waals surface area contributed by atoms with E-state index in [4.69, 9.17) is 14.2 Å². The number of ether oxygens (including phenoxy) is 3. The molecule has 256 valence electrons. The molecule has 7 nitrogen and oxygen atoms in total. The number of carbonyl (C=O) groups excluding carboxylic acids is 1. The van der Waals surface area contributed by atoms with Crippen LogP contribution in [0.25, 0.3) is 0 Å². The van der Waals surface area contributed by atoms with Gasteiger partial charge in [-0.05, 0) is 138 Å². The topological polar surface area (TPSA) is 88.5 Å². The van der Waals surface area contributed by atoms with Gasteiger partial charge in [0.1, 0.15) is 18.2 Å². The molecule has 5 aliphatic carbocycles. The number of fused-ring (bicyclic) bond motifs is 4. The van der Waals surface area contributed by atoms with Gasteiger partial charge in [0.2, 0.25) is 0 Å². The summed E-state index contributed by atoms with van der Waals surface area (Å²) in [5, 5.41) is 23.6. The quantitative estimate of drug-likeness (QED) is 0.350. The summed E-state index contributed by atoms with van der Waals surface area (Å²) >= 11 is 0. The first kappa shape index (κ1) is 32.8. The Morgan fingerprint density at radius 3 is 2.38 bits per heavy atom. The summed E-state index contributed by atoms with van der Waals surface area (Å²) in [5.41, 5.74) is -0.749. The second-order valence-electron chi connectivity index (χ2n) is 18.6. The Kier molecular flexibility index (Phi) is 7.57. The molecule has 0 radical (unpaired) electrons. The van der Waals surface area contributed by atoms with Crippen molar-refractivity contribution in [3.63, 3.8) is 0 Å². The second-order valence-corrected chi connectivity index (χ2v) is 18.6. The molecule has 2 saturated heterocycles. The molecular weight excluding hydrogens is 566 g/mol. The zero-order valence-electron chi connectivity index (χ0n) is 29.7. The number of aliphatic hydroxyl groups is 2. The summed E-state index contributed by atoms with van der Waals surface area (Å²) in [6.07, 6.45) is 9.41. The molecule has 2 heterocycles. The molecule has 0 aromatic rings. The molecule has 7 fully saturated rings. The van der Waals surface area contributed by atoms with E-state index in [2.05, 4.69) is 46.6 Å². The zero-order valence-corrected chi connectivity index (χ0v) is 29.7. The van der Waals surface area contributed by atoms with Crippen LogP contribution < -0.4 is 0 Å². The first-order valence-electron chi connectivity index (χ1n) is 18.6. The van der Waals surface area contributed by atoms with Crippen LogP contribution in [0.5, 0.6) is 0 Å². The van der Waals surface area contributed by atoms with Crippen LogP contribution in [0, 0.1) is 50.7 Å². The summed E-state index contributed by atoms with van der Waals surface area (Å²) in [6, 6.07) is -0.0838.